The van der Waals surface area contributed by atoms with Gasteiger partial charge in [0.1, 0.15) is 0 Å². The molecule has 1 N–H and O–H groups in total. The second kappa shape index (κ2) is 7.78. The highest BCUT2D eigenvalue weighted by atomic mass is 32.2. The summed E-state index contributed by atoms with van der Waals surface area (Å²) < 4.78 is 4.76. The molecule has 0 saturated heterocycles. The van der Waals surface area contributed by atoms with Crippen LogP contribution in [-0.2, 0) is 11.3 Å². The molecule has 0 aliphatic carbocycles. The summed E-state index contributed by atoms with van der Waals surface area (Å²) in [5.74, 6) is 0.838. The van der Waals surface area contributed by atoms with Crippen molar-refractivity contribution in [2.75, 3.05) is 24.7 Å². The maximum Gasteiger partial charge on any atom is 0.240 e. The molecule has 0 atom stereocenters. The molecule has 0 fully saturated rings. The number of aryl methyl sites for hydroxylation is 1. The summed E-state index contributed by atoms with van der Waals surface area (Å²) in [5.41, 5.74) is 0.914. The molecule has 21 heavy (non-hydrogen) atoms. The third kappa shape index (κ3) is 4.99. The molecule has 0 bridgehead atoms. The number of hydrogen-bond donors (Lipinski definition) is 1. The number of nitrogens with one attached hydrogen (secondary N) is 1. The minimum absolute atomic E-state index is 0.100. The Morgan fingerprint density at radius 2 is 2.19 bits per heavy atom. The summed E-state index contributed by atoms with van der Waals surface area (Å²) in [7, 11) is 1.89. The number of rotatable bonds is 7. The lowest BCUT2D eigenvalue weighted by Gasteiger charge is -2.14. The molecular weight excluding hydrogens is 328 g/mol. The monoisotopic (exact) mass is 344 g/mol. The molecule has 7 nitrogen and oxygen atoms in total. The van der Waals surface area contributed by atoms with Crippen LogP contribution in [0.2, 0.25) is 0 Å². The smallest absolute Gasteiger partial charge is 0.240 e. The molecular formula is C11H16N6OS3. The zero-order chi connectivity index (χ0) is 15.2. The van der Waals surface area contributed by atoms with Crippen molar-refractivity contribution in [2.45, 2.75) is 24.7 Å². The molecule has 114 valence electrons. The number of likely N-dealkylation sites (N-methyl/N-ethyl adjacent to an activating group) is 1. The van der Waals surface area contributed by atoms with Gasteiger partial charge in [-0.2, -0.15) is 0 Å². The highest BCUT2D eigenvalue weighted by Crippen LogP contribution is 2.24. The lowest BCUT2D eigenvalue weighted by atomic mass is 10.3. The zero-order valence-corrected chi connectivity index (χ0v) is 14.4. The van der Waals surface area contributed by atoms with Gasteiger partial charge >= 0.3 is 0 Å². The van der Waals surface area contributed by atoms with E-state index in [1.165, 1.54) is 22.9 Å². The van der Waals surface area contributed by atoms with Crippen LogP contribution >= 0.6 is 34.6 Å². The van der Waals surface area contributed by atoms with Crippen LogP contribution in [0, 0.1) is 6.92 Å². The Hall–Kier alpha value is -1.10. The lowest BCUT2D eigenvalue weighted by molar-refractivity contribution is -0.117. The fourth-order valence-corrected chi connectivity index (χ4v) is 3.92. The Balaban J connectivity index is 1.81. The highest BCUT2D eigenvalue weighted by molar-refractivity contribution is 8.01. The molecule has 0 radical (unpaired) electrons. The average Bonchev–Trinajstić information content (AvgIpc) is 3.00. The highest BCUT2D eigenvalue weighted by Gasteiger charge is 2.12. The van der Waals surface area contributed by atoms with E-state index >= 15 is 0 Å². The van der Waals surface area contributed by atoms with Crippen LogP contribution in [-0.4, -0.2) is 49.9 Å². The number of nitrogens with zero attached hydrogens (tertiary/aromatic N) is 5. The third-order valence-corrected chi connectivity index (χ3v) is 5.16. The number of carbonyl (C=O) groups excluding carboxylic acids is 1. The molecule has 0 unspecified atom stereocenters. The normalized spacial score (nSPS) is 11.0. The van der Waals surface area contributed by atoms with Gasteiger partial charge in [0.05, 0.1) is 17.1 Å². The Kier molecular flexibility index (Phi) is 6.03. The minimum Gasteiger partial charge on any atom is -0.299 e. The van der Waals surface area contributed by atoms with Crippen molar-refractivity contribution in [2.24, 2.45) is 0 Å². The molecule has 0 spiro atoms. The molecule has 0 aromatic carbocycles. The van der Waals surface area contributed by atoms with Crippen molar-refractivity contribution >= 4 is 45.7 Å². The number of amides is 1. The van der Waals surface area contributed by atoms with Crippen LogP contribution in [0.25, 0.3) is 0 Å². The van der Waals surface area contributed by atoms with Crippen molar-refractivity contribution in [1.82, 2.24) is 24.7 Å². The van der Waals surface area contributed by atoms with Crippen molar-refractivity contribution in [3.8, 4) is 0 Å². The van der Waals surface area contributed by atoms with Crippen LogP contribution in [0.4, 0.5) is 5.13 Å². The summed E-state index contributed by atoms with van der Waals surface area (Å²) in [6, 6.07) is 0. The van der Waals surface area contributed by atoms with Gasteiger partial charge in [-0.15, -0.1) is 15.3 Å². The minimum atomic E-state index is -0.100. The zero-order valence-electron chi connectivity index (χ0n) is 12.0. The largest absolute Gasteiger partial charge is 0.299 e. The second-order valence-electron chi connectivity index (χ2n) is 4.31. The Bertz CT molecular complexity index is 598. The number of carbonyl (C=O) groups is 1. The topological polar surface area (TPSA) is 83.9 Å². The first-order chi connectivity index (χ1) is 10.1. The van der Waals surface area contributed by atoms with Crippen LogP contribution in [0.5, 0.6) is 0 Å². The maximum atomic E-state index is 12.0. The third-order valence-electron chi connectivity index (χ3n) is 2.49. The second-order valence-corrected chi connectivity index (χ2v) is 7.64. The van der Waals surface area contributed by atoms with Gasteiger partial charge < -0.3 is 0 Å². The SMILES string of the molecule is CCSc1nnc(NC(=O)CN(C)Cc2snnc2C)s1. The Morgan fingerprint density at radius 3 is 2.86 bits per heavy atom. The van der Waals surface area contributed by atoms with Crippen molar-refractivity contribution in [3.63, 3.8) is 0 Å². The first kappa shape index (κ1) is 16.3. The van der Waals surface area contributed by atoms with Crippen molar-refractivity contribution < 1.29 is 4.79 Å². The lowest BCUT2D eigenvalue weighted by Crippen LogP contribution is -2.29. The van der Waals surface area contributed by atoms with Gasteiger partial charge in [0.15, 0.2) is 4.34 Å². The maximum absolute atomic E-state index is 12.0. The van der Waals surface area contributed by atoms with E-state index in [1.54, 1.807) is 11.8 Å². The molecule has 0 aliphatic rings. The number of thioether (sulfide) groups is 1. The summed E-state index contributed by atoms with van der Waals surface area (Å²) >= 11 is 4.37. The van der Waals surface area contributed by atoms with Gasteiger partial charge in [-0.25, -0.2) is 0 Å². The van der Waals surface area contributed by atoms with Crippen LogP contribution < -0.4 is 5.32 Å². The quantitative estimate of drug-likeness (QED) is 0.606. The first-order valence-corrected chi connectivity index (χ1v) is 8.88. The van der Waals surface area contributed by atoms with Crippen molar-refractivity contribution in [3.05, 3.63) is 10.6 Å². The number of anilines is 1. The first-order valence-electron chi connectivity index (χ1n) is 6.31. The molecule has 2 rings (SSSR count). The fourth-order valence-electron chi connectivity index (χ4n) is 1.54. The summed E-state index contributed by atoms with van der Waals surface area (Å²) in [4.78, 5) is 14.9. The van der Waals surface area contributed by atoms with E-state index in [1.807, 2.05) is 18.9 Å². The predicted molar refractivity (Wildman–Crippen MR) is 85.9 cm³/mol. The predicted octanol–water partition coefficient (Wildman–Crippen LogP) is 1.88. The van der Waals surface area contributed by atoms with E-state index in [0.29, 0.717) is 11.7 Å². The van der Waals surface area contributed by atoms with E-state index < -0.39 is 0 Å². The number of hydrogen-bond acceptors (Lipinski definition) is 9. The van der Waals surface area contributed by atoms with E-state index in [9.17, 15) is 4.79 Å². The van der Waals surface area contributed by atoms with Gasteiger partial charge in [-0.1, -0.05) is 34.5 Å². The van der Waals surface area contributed by atoms with E-state index in [2.05, 4.69) is 32.0 Å². The molecule has 1 amide bonds. The van der Waals surface area contributed by atoms with Crippen LogP contribution in [0.3, 0.4) is 0 Å². The van der Waals surface area contributed by atoms with Gasteiger partial charge in [0.25, 0.3) is 0 Å². The Labute approximate surface area is 135 Å². The van der Waals surface area contributed by atoms with E-state index in [0.717, 1.165) is 20.7 Å². The standard InChI is InChI=1S/C11H16N6OS3/c1-4-19-11-15-14-10(20-11)12-9(18)6-17(3)5-8-7(2)13-16-21-8/h4-6H2,1-3H3,(H,12,14,18). The summed E-state index contributed by atoms with van der Waals surface area (Å²) in [6.07, 6.45) is 0. The fraction of sp³-hybridized carbons (Fsp3) is 0.545. The molecule has 0 aliphatic heterocycles. The summed E-state index contributed by atoms with van der Waals surface area (Å²) in [5, 5.41) is 15.2. The van der Waals surface area contributed by atoms with E-state index in [4.69, 9.17) is 0 Å². The molecule has 10 heteroatoms. The molecule has 2 aromatic rings. The Morgan fingerprint density at radius 1 is 1.38 bits per heavy atom. The molecule has 0 saturated carbocycles. The van der Waals surface area contributed by atoms with Gasteiger partial charge in [-0.05, 0) is 31.3 Å². The van der Waals surface area contributed by atoms with Gasteiger partial charge in [-0.3, -0.25) is 15.0 Å². The van der Waals surface area contributed by atoms with Crippen molar-refractivity contribution in [1.29, 1.82) is 0 Å². The van der Waals surface area contributed by atoms with E-state index in [-0.39, 0.29) is 12.5 Å². The average molecular weight is 344 g/mol. The van der Waals surface area contributed by atoms with Gasteiger partial charge in [0.2, 0.25) is 11.0 Å². The molecule has 2 aromatic heterocycles. The number of aromatic nitrogens is 4. The summed E-state index contributed by atoms with van der Waals surface area (Å²) in [6.45, 7) is 4.91. The van der Waals surface area contributed by atoms with Gasteiger partial charge in [0, 0.05) is 6.54 Å². The van der Waals surface area contributed by atoms with Crippen LogP contribution in [0.1, 0.15) is 17.5 Å². The molecule has 2 heterocycles. The van der Waals surface area contributed by atoms with Crippen LogP contribution in [0.15, 0.2) is 4.34 Å².